The topological polar surface area (TPSA) is 58.2 Å². The Hall–Kier alpha value is -1.06. The van der Waals surface area contributed by atoms with Gasteiger partial charge in [0.2, 0.25) is 11.8 Å². The maximum Gasteiger partial charge on any atom is 0.243 e. The summed E-state index contributed by atoms with van der Waals surface area (Å²) in [7, 11) is 0. The van der Waals surface area contributed by atoms with Crippen molar-refractivity contribution in [3.05, 3.63) is 0 Å². The Labute approximate surface area is 78.1 Å². The molecule has 1 rings (SSSR count). The van der Waals surface area contributed by atoms with E-state index in [2.05, 4.69) is 10.6 Å². The Morgan fingerprint density at radius 1 is 1.23 bits per heavy atom. The second-order valence-corrected chi connectivity index (χ2v) is 3.92. The maximum atomic E-state index is 11.4. The number of nitrogens with one attached hydrogen (secondary N) is 2. The predicted molar refractivity (Wildman–Crippen MR) is 49.0 cm³/mol. The van der Waals surface area contributed by atoms with Gasteiger partial charge in [0.15, 0.2) is 0 Å². The highest BCUT2D eigenvalue weighted by atomic mass is 16.2. The lowest BCUT2D eigenvalue weighted by molar-refractivity contribution is -0.136. The summed E-state index contributed by atoms with van der Waals surface area (Å²) in [6.07, 6.45) is 0.699. The van der Waals surface area contributed by atoms with E-state index in [0.717, 1.165) is 0 Å². The van der Waals surface area contributed by atoms with Crippen molar-refractivity contribution in [1.29, 1.82) is 0 Å². The smallest absolute Gasteiger partial charge is 0.243 e. The van der Waals surface area contributed by atoms with Crippen LogP contribution >= 0.6 is 0 Å². The van der Waals surface area contributed by atoms with Crippen molar-refractivity contribution in [2.75, 3.05) is 0 Å². The zero-order valence-electron chi connectivity index (χ0n) is 8.26. The van der Waals surface area contributed by atoms with Crippen LogP contribution in [0.15, 0.2) is 0 Å². The van der Waals surface area contributed by atoms with Gasteiger partial charge >= 0.3 is 0 Å². The van der Waals surface area contributed by atoms with Gasteiger partial charge in [-0.3, -0.25) is 9.59 Å². The van der Waals surface area contributed by atoms with Gasteiger partial charge in [-0.25, -0.2) is 0 Å². The Bertz CT molecular complexity index is 226. The van der Waals surface area contributed by atoms with Crippen LogP contribution in [0.25, 0.3) is 0 Å². The third-order valence-electron chi connectivity index (χ3n) is 2.09. The maximum absolute atomic E-state index is 11.4. The molecule has 0 aliphatic carbocycles. The van der Waals surface area contributed by atoms with E-state index in [4.69, 9.17) is 0 Å². The van der Waals surface area contributed by atoms with Crippen molar-refractivity contribution in [1.82, 2.24) is 10.6 Å². The first-order chi connectivity index (χ1) is 6.00. The molecular formula is C9H16N2O2. The molecule has 0 unspecified atom stereocenters. The fourth-order valence-corrected chi connectivity index (χ4v) is 1.38. The number of hydrogen-bond acceptors (Lipinski definition) is 2. The monoisotopic (exact) mass is 184 g/mol. The lowest BCUT2D eigenvalue weighted by Gasteiger charge is -2.28. The summed E-state index contributed by atoms with van der Waals surface area (Å²) in [5.41, 5.74) is 0. The minimum Gasteiger partial charge on any atom is -0.343 e. The first-order valence-electron chi connectivity index (χ1n) is 4.61. The van der Waals surface area contributed by atoms with Gasteiger partial charge in [0.1, 0.15) is 12.1 Å². The van der Waals surface area contributed by atoms with Crippen LogP contribution in [0.1, 0.15) is 27.2 Å². The van der Waals surface area contributed by atoms with Crippen LogP contribution in [0.3, 0.4) is 0 Å². The van der Waals surface area contributed by atoms with E-state index < -0.39 is 6.04 Å². The summed E-state index contributed by atoms with van der Waals surface area (Å²) >= 11 is 0. The third-order valence-corrected chi connectivity index (χ3v) is 2.09. The van der Waals surface area contributed by atoms with Gasteiger partial charge in [-0.2, -0.15) is 0 Å². The summed E-state index contributed by atoms with van der Waals surface area (Å²) in [6.45, 7) is 5.73. The van der Waals surface area contributed by atoms with E-state index in [1.807, 2.05) is 13.8 Å². The van der Waals surface area contributed by atoms with Gasteiger partial charge in [-0.05, 0) is 19.3 Å². The second kappa shape index (κ2) is 3.77. The van der Waals surface area contributed by atoms with Crippen molar-refractivity contribution < 1.29 is 9.59 Å². The average Bonchev–Trinajstić information content (AvgIpc) is 1.99. The SMILES string of the molecule is CC(C)C[C@H]1NC(=O)[C@@H](C)NC1=O. The van der Waals surface area contributed by atoms with E-state index in [9.17, 15) is 9.59 Å². The van der Waals surface area contributed by atoms with Crippen LogP contribution in [-0.4, -0.2) is 23.9 Å². The average molecular weight is 184 g/mol. The first-order valence-corrected chi connectivity index (χ1v) is 4.61. The molecule has 1 heterocycles. The van der Waals surface area contributed by atoms with E-state index in [0.29, 0.717) is 12.3 Å². The summed E-state index contributed by atoms with van der Waals surface area (Å²) in [6, 6.07) is -0.736. The first kappa shape index (κ1) is 10.0. The third kappa shape index (κ3) is 2.44. The summed E-state index contributed by atoms with van der Waals surface area (Å²) < 4.78 is 0. The molecule has 4 nitrogen and oxygen atoms in total. The summed E-state index contributed by atoms with van der Waals surface area (Å²) in [4.78, 5) is 22.6. The molecule has 0 saturated carbocycles. The lowest BCUT2D eigenvalue weighted by atomic mass is 10.0. The van der Waals surface area contributed by atoms with E-state index in [1.54, 1.807) is 6.92 Å². The molecule has 4 heteroatoms. The molecule has 0 bridgehead atoms. The number of piperazine rings is 1. The zero-order chi connectivity index (χ0) is 10.0. The Morgan fingerprint density at radius 3 is 2.38 bits per heavy atom. The van der Waals surface area contributed by atoms with Crippen LogP contribution in [0, 0.1) is 5.92 Å². The zero-order valence-corrected chi connectivity index (χ0v) is 8.26. The molecule has 2 N–H and O–H groups in total. The van der Waals surface area contributed by atoms with Crippen molar-refractivity contribution in [2.45, 2.75) is 39.3 Å². The van der Waals surface area contributed by atoms with Crippen molar-refractivity contribution in [3.63, 3.8) is 0 Å². The van der Waals surface area contributed by atoms with Crippen molar-refractivity contribution in [3.8, 4) is 0 Å². The van der Waals surface area contributed by atoms with Crippen LogP contribution in [0.2, 0.25) is 0 Å². The molecule has 0 aromatic carbocycles. The summed E-state index contributed by atoms with van der Waals surface area (Å²) in [5, 5.41) is 5.33. The lowest BCUT2D eigenvalue weighted by Crippen LogP contribution is -2.60. The molecule has 1 saturated heterocycles. The highest BCUT2D eigenvalue weighted by molar-refractivity contribution is 5.96. The number of amides is 2. The van der Waals surface area contributed by atoms with Gasteiger partial charge in [0, 0.05) is 0 Å². The minimum atomic E-state index is -0.393. The van der Waals surface area contributed by atoms with E-state index in [1.165, 1.54) is 0 Å². The van der Waals surface area contributed by atoms with E-state index in [-0.39, 0.29) is 17.9 Å². The van der Waals surface area contributed by atoms with Crippen LogP contribution in [0.5, 0.6) is 0 Å². The van der Waals surface area contributed by atoms with Gasteiger partial charge in [0.05, 0.1) is 0 Å². The van der Waals surface area contributed by atoms with Crippen LogP contribution < -0.4 is 10.6 Å². The quantitative estimate of drug-likeness (QED) is 0.636. The molecule has 1 fully saturated rings. The summed E-state index contributed by atoms with van der Waals surface area (Å²) in [5.74, 6) is 0.246. The molecule has 0 spiro atoms. The Balaban J connectivity index is 2.56. The van der Waals surface area contributed by atoms with Crippen LogP contribution in [-0.2, 0) is 9.59 Å². The number of hydrogen-bond donors (Lipinski definition) is 2. The largest absolute Gasteiger partial charge is 0.343 e. The normalized spacial score (nSPS) is 28.6. The molecule has 1 aliphatic heterocycles. The molecule has 0 radical (unpaired) electrons. The standard InChI is InChI=1S/C9H16N2O2/c1-5(2)4-7-9(13)10-6(3)8(12)11-7/h5-7H,4H2,1-3H3,(H,10,13)(H,11,12)/t6-,7-/m1/s1. The highest BCUT2D eigenvalue weighted by Gasteiger charge is 2.30. The van der Waals surface area contributed by atoms with Crippen LogP contribution in [0.4, 0.5) is 0 Å². The predicted octanol–water partition coefficient (Wildman–Crippen LogP) is 0.0356. The molecular weight excluding hydrogens is 168 g/mol. The number of carbonyl (C=O) groups excluding carboxylic acids is 2. The van der Waals surface area contributed by atoms with Crippen molar-refractivity contribution in [2.24, 2.45) is 5.92 Å². The van der Waals surface area contributed by atoms with Gasteiger partial charge in [0.25, 0.3) is 0 Å². The van der Waals surface area contributed by atoms with E-state index >= 15 is 0 Å². The van der Waals surface area contributed by atoms with Gasteiger partial charge < -0.3 is 10.6 Å². The minimum absolute atomic E-state index is 0.0687. The second-order valence-electron chi connectivity index (χ2n) is 3.92. The molecule has 13 heavy (non-hydrogen) atoms. The molecule has 2 atom stereocenters. The van der Waals surface area contributed by atoms with Crippen molar-refractivity contribution >= 4 is 11.8 Å². The molecule has 1 aliphatic rings. The van der Waals surface area contributed by atoms with Gasteiger partial charge in [-0.1, -0.05) is 13.8 Å². The molecule has 2 amide bonds. The highest BCUT2D eigenvalue weighted by Crippen LogP contribution is 2.08. The molecule has 0 aromatic heterocycles. The molecule has 0 aromatic rings. The Morgan fingerprint density at radius 2 is 1.85 bits per heavy atom. The fourth-order valence-electron chi connectivity index (χ4n) is 1.38. The Kier molecular flexibility index (Phi) is 2.90. The number of rotatable bonds is 2. The van der Waals surface area contributed by atoms with Gasteiger partial charge in [-0.15, -0.1) is 0 Å². The number of carbonyl (C=O) groups is 2. The fraction of sp³-hybridized carbons (Fsp3) is 0.778. The molecule has 74 valence electrons.